The lowest BCUT2D eigenvalue weighted by atomic mass is 9.75. The molecule has 1 aliphatic carbocycles. The molecule has 4 amide bonds. The van der Waals surface area contributed by atoms with E-state index in [1.54, 1.807) is 17.0 Å². The van der Waals surface area contributed by atoms with Gasteiger partial charge in [0, 0.05) is 37.3 Å². The number of hydrogen-bond donors (Lipinski definition) is 1. The second-order valence-electron chi connectivity index (χ2n) is 9.01. The summed E-state index contributed by atoms with van der Waals surface area (Å²) in [4.78, 5) is 53.9. The van der Waals surface area contributed by atoms with Crippen molar-refractivity contribution in [3.05, 3.63) is 33.3 Å². The molecule has 3 fully saturated rings. The Morgan fingerprint density at radius 3 is 2.48 bits per heavy atom. The van der Waals surface area contributed by atoms with Crippen LogP contribution in [-0.4, -0.2) is 70.8 Å². The van der Waals surface area contributed by atoms with Gasteiger partial charge >= 0.3 is 6.03 Å². The second kappa shape index (κ2) is 9.17. The molecular weight excluding hydrogens is 450 g/mol. The van der Waals surface area contributed by atoms with E-state index in [0.717, 1.165) is 24.2 Å². The number of piperazine rings is 1. The van der Waals surface area contributed by atoms with Gasteiger partial charge in [0.25, 0.3) is 11.6 Å². The molecule has 0 aromatic heterocycles. The molecule has 1 aromatic rings. The minimum Gasteiger partial charge on any atom is -0.362 e. The Bertz CT molecular complexity index is 970. The molecule has 0 bridgehead atoms. The van der Waals surface area contributed by atoms with Gasteiger partial charge in [-0.15, -0.1) is 0 Å². The Labute approximate surface area is 197 Å². The van der Waals surface area contributed by atoms with Crippen molar-refractivity contribution in [2.24, 2.45) is 5.92 Å². The SMILES string of the molecule is CCC1CCC2(CC1)NC(=O)N(CC(=O)N1CCN(c3ccc(Cl)cc3[N+](=O)[O-])CC1)C2=O. The lowest BCUT2D eigenvalue weighted by molar-refractivity contribution is -0.384. The molecule has 33 heavy (non-hydrogen) atoms. The van der Waals surface area contributed by atoms with Gasteiger partial charge in [-0.05, 0) is 43.7 Å². The van der Waals surface area contributed by atoms with Gasteiger partial charge < -0.3 is 15.1 Å². The summed E-state index contributed by atoms with van der Waals surface area (Å²) in [6.45, 7) is 3.32. The minimum atomic E-state index is -0.866. The number of nitro groups is 1. The summed E-state index contributed by atoms with van der Waals surface area (Å²) in [5, 5.41) is 14.5. The van der Waals surface area contributed by atoms with Crippen LogP contribution in [-0.2, 0) is 9.59 Å². The molecule has 2 heterocycles. The molecule has 178 valence electrons. The largest absolute Gasteiger partial charge is 0.362 e. The Kier molecular flexibility index (Phi) is 6.47. The number of benzene rings is 1. The van der Waals surface area contributed by atoms with Gasteiger partial charge in [-0.1, -0.05) is 24.9 Å². The third kappa shape index (κ3) is 4.48. The van der Waals surface area contributed by atoms with Gasteiger partial charge in [-0.25, -0.2) is 4.79 Å². The highest BCUT2D eigenvalue weighted by Gasteiger charge is 2.52. The molecule has 0 unspecified atom stereocenters. The Balaban J connectivity index is 1.36. The number of urea groups is 1. The molecule has 2 saturated heterocycles. The molecule has 4 rings (SSSR count). The molecule has 10 nitrogen and oxygen atoms in total. The van der Waals surface area contributed by atoms with Crippen molar-refractivity contribution < 1.29 is 19.3 Å². The zero-order valence-corrected chi connectivity index (χ0v) is 19.3. The fourth-order valence-corrected chi connectivity index (χ4v) is 5.25. The zero-order valence-electron chi connectivity index (χ0n) is 18.6. The third-order valence-corrected chi connectivity index (χ3v) is 7.42. The lowest BCUT2D eigenvalue weighted by Gasteiger charge is -2.36. The van der Waals surface area contributed by atoms with E-state index in [4.69, 9.17) is 11.6 Å². The maximum absolute atomic E-state index is 13.1. The van der Waals surface area contributed by atoms with Gasteiger partial charge in [-0.2, -0.15) is 0 Å². The first kappa shape index (κ1) is 23.3. The van der Waals surface area contributed by atoms with E-state index in [1.807, 2.05) is 4.90 Å². The number of anilines is 1. The number of carbonyl (C=O) groups excluding carboxylic acids is 3. The Morgan fingerprint density at radius 2 is 1.88 bits per heavy atom. The maximum Gasteiger partial charge on any atom is 0.325 e. The molecule has 2 aliphatic heterocycles. The average Bonchev–Trinajstić information content (AvgIpc) is 3.03. The number of nitrogens with zero attached hydrogens (tertiary/aromatic N) is 4. The smallest absolute Gasteiger partial charge is 0.325 e. The third-order valence-electron chi connectivity index (χ3n) is 7.18. The molecule has 0 radical (unpaired) electrons. The highest BCUT2D eigenvalue weighted by molar-refractivity contribution is 6.30. The monoisotopic (exact) mass is 477 g/mol. The Hall–Kier alpha value is -2.88. The number of amides is 4. The first-order valence-electron chi connectivity index (χ1n) is 11.3. The van der Waals surface area contributed by atoms with Crippen LogP contribution in [0.3, 0.4) is 0 Å². The summed E-state index contributed by atoms with van der Waals surface area (Å²) in [7, 11) is 0. The highest BCUT2D eigenvalue weighted by Crippen LogP contribution is 2.37. The topological polar surface area (TPSA) is 116 Å². The van der Waals surface area contributed by atoms with E-state index in [2.05, 4.69) is 12.2 Å². The number of rotatable bonds is 5. The predicted molar refractivity (Wildman–Crippen MR) is 122 cm³/mol. The molecule has 3 aliphatic rings. The van der Waals surface area contributed by atoms with Gasteiger partial charge in [0.15, 0.2) is 0 Å². The quantitative estimate of drug-likeness (QED) is 0.396. The normalized spacial score (nSPS) is 25.5. The van der Waals surface area contributed by atoms with E-state index >= 15 is 0 Å². The summed E-state index contributed by atoms with van der Waals surface area (Å²) >= 11 is 5.90. The van der Waals surface area contributed by atoms with Crippen molar-refractivity contribution in [1.82, 2.24) is 15.1 Å². The molecule has 1 aromatic carbocycles. The summed E-state index contributed by atoms with van der Waals surface area (Å²) in [5.41, 5.74) is -0.491. The predicted octanol–water partition coefficient (Wildman–Crippen LogP) is 2.79. The molecule has 1 spiro atoms. The van der Waals surface area contributed by atoms with Gasteiger partial charge in [0.2, 0.25) is 5.91 Å². The fourth-order valence-electron chi connectivity index (χ4n) is 5.08. The van der Waals surface area contributed by atoms with Crippen LogP contribution in [0.15, 0.2) is 18.2 Å². The van der Waals surface area contributed by atoms with E-state index < -0.39 is 16.5 Å². The molecule has 1 saturated carbocycles. The van der Waals surface area contributed by atoms with Crippen molar-refractivity contribution >= 4 is 40.8 Å². The van der Waals surface area contributed by atoms with Crippen LogP contribution in [0.1, 0.15) is 39.0 Å². The minimum absolute atomic E-state index is 0.0790. The van der Waals surface area contributed by atoms with E-state index in [-0.39, 0.29) is 29.1 Å². The summed E-state index contributed by atoms with van der Waals surface area (Å²) in [6, 6.07) is 4.02. The molecule has 1 N–H and O–H groups in total. The summed E-state index contributed by atoms with van der Waals surface area (Å²) in [5.74, 6) is -0.0300. The number of imide groups is 1. The van der Waals surface area contributed by atoms with Crippen molar-refractivity contribution in [3.63, 3.8) is 0 Å². The van der Waals surface area contributed by atoms with Crippen molar-refractivity contribution in [2.75, 3.05) is 37.6 Å². The first-order valence-corrected chi connectivity index (χ1v) is 11.7. The van der Waals surface area contributed by atoms with E-state index in [0.29, 0.717) is 50.6 Å². The van der Waals surface area contributed by atoms with E-state index in [9.17, 15) is 24.5 Å². The molecule has 0 atom stereocenters. The summed E-state index contributed by atoms with van der Waals surface area (Å²) in [6.07, 6.45) is 4.07. The second-order valence-corrected chi connectivity index (χ2v) is 9.45. The number of halogens is 1. The number of nitro benzene ring substituents is 1. The van der Waals surface area contributed by atoms with Crippen LogP contribution in [0.2, 0.25) is 5.02 Å². The fraction of sp³-hybridized carbons (Fsp3) is 0.591. The van der Waals surface area contributed by atoms with Gasteiger partial charge in [0.05, 0.1) is 4.92 Å². The maximum atomic E-state index is 13.1. The number of nitrogens with one attached hydrogen (secondary N) is 1. The zero-order chi connectivity index (χ0) is 23.8. The number of carbonyl (C=O) groups is 3. The van der Waals surface area contributed by atoms with Crippen molar-refractivity contribution in [3.8, 4) is 0 Å². The van der Waals surface area contributed by atoms with Gasteiger partial charge in [0.1, 0.15) is 17.8 Å². The molecular formula is C22H28ClN5O5. The van der Waals surface area contributed by atoms with Crippen LogP contribution in [0.4, 0.5) is 16.2 Å². The van der Waals surface area contributed by atoms with Crippen molar-refractivity contribution in [2.45, 2.75) is 44.6 Å². The molecule has 11 heteroatoms. The first-order chi connectivity index (χ1) is 15.7. The average molecular weight is 478 g/mol. The number of hydrogen-bond acceptors (Lipinski definition) is 6. The lowest BCUT2D eigenvalue weighted by Crippen LogP contribution is -2.53. The van der Waals surface area contributed by atoms with Crippen LogP contribution < -0.4 is 10.2 Å². The van der Waals surface area contributed by atoms with Crippen molar-refractivity contribution in [1.29, 1.82) is 0 Å². The Morgan fingerprint density at radius 1 is 1.21 bits per heavy atom. The van der Waals surface area contributed by atoms with Gasteiger partial charge in [-0.3, -0.25) is 24.6 Å². The van der Waals surface area contributed by atoms with Crippen LogP contribution in [0, 0.1) is 16.0 Å². The van der Waals surface area contributed by atoms with Crippen LogP contribution in [0.5, 0.6) is 0 Å². The summed E-state index contributed by atoms with van der Waals surface area (Å²) < 4.78 is 0. The van der Waals surface area contributed by atoms with Crippen LogP contribution in [0.25, 0.3) is 0 Å². The van der Waals surface area contributed by atoms with E-state index in [1.165, 1.54) is 6.07 Å². The van der Waals surface area contributed by atoms with Crippen LogP contribution >= 0.6 is 11.6 Å². The highest BCUT2D eigenvalue weighted by atomic mass is 35.5. The standard InChI is InChI=1S/C22H28ClN5O5/c1-2-15-5-7-22(8-6-15)20(30)27(21(31)24-22)14-19(29)26-11-9-25(10-12-26)17-4-3-16(23)13-18(17)28(32)33/h3-4,13,15H,2,5-12,14H2,1H3,(H,24,31).